The predicted octanol–water partition coefficient (Wildman–Crippen LogP) is 4.62. The number of thiophene rings is 2. The second-order valence-corrected chi connectivity index (χ2v) is 11.6. The van der Waals surface area contributed by atoms with Gasteiger partial charge in [0, 0.05) is 17.8 Å². The van der Waals surface area contributed by atoms with Crippen molar-refractivity contribution in [2.24, 2.45) is 0 Å². The minimum atomic E-state index is -0.688. The van der Waals surface area contributed by atoms with Crippen molar-refractivity contribution in [3.05, 3.63) is 78.6 Å². The summed E-state index contributed by atoms with van der Waals surface area (Å²) in [5.41, 5.74) is 0.758. The highest BCUT2D eigenvalue weighted by molar-refractivity contribution is 7.99. The average Bonchev–Trinajstić information content (AvgIpc) is 3.74. The molecule has 4 rings (SSSR count). The van der Waals surface area contributed by atoms with Crippen LogP contribution in [0, 0.1) is 17.0 Å². The monoisotopic (exact) mass is 658 g/mol. The first-order valence-corrected chi connectivity index (χ1v) is 15.7. The Balaban J connectivity index is 1.56. The van der Waals surface area contributed by atoms with Gasteiger partial charge in [0.1, 0.15) is 9.88 Å². The standard InChI is InChI=1S/C27H26N6O8S3/c1-4-40-25(36)21-15(3)22(26(37)41-5-2)44-24(21)29-20(34)14-43-27-31-30-19(13-28-23(35)18-7-6-12-42-18)32(27)16-8-10-17(11-9-16)33(38)39/h6-12H,4-5,13-14H2,1-3H3,(H,28,35)(H,29,34). The molecule has 17 heteroatoms. The number of anilines is 1. The van der Waals surface area contributed by atoms with Crippen LogP contribution in [0.25, 0.3) is 5.69 Å². The lowest BCUT2D eigenvalue weighted by molar-refractivity contribution is -0.384. The van der Waals surface area contributed by atoms with E-state index in [1.54, 1.807) is 42.9 Å². The molecule has 3 aromatic heterocycles. The maximum Gasteiger partial charge on any atom is 0.348 e. The van der Waals surface area contributed by atoms with Gasteiger partial charge in [-0.2, -0.15) is 0 Å². The van der Waals surface area contributed by atoms with Crippen molar-refractivity contribution < 1.29 is 33.6 Å². The van der Waals surface area contributed by atoms with Crippen LogP contribution in [-0.2, 0) is 20.8 Å². The first-order valence-electron chi connectivity index (χ1n) is 13.1. The van der Waals surface area contributed by atoms with Crippen molar-refractivity contribution in [1.29, 1.82) is 0 Å². The van der Waals surface area contributed by atoms with Crippen LogP contribution in [0.15, 0.2) is 46.9 Å². The summed E-state index contributed by atoms with van der Waals surface area (Å²) in [5.74, 6) is -1.98. The number of nitro benzene ring substituents is 1. The molecular formula is C27H26N6O8S3. The quantitative estimate of drug-likeness (QED) is 0.0884. The third-order valence-corrected chi connectivity index (χ3v) is 8.83. The van der Waals surface area contributed by atoms with Gasteiger partial charge in [-0.25, -0.2) is 9.59 Å². The van der Waals surface area contributed by atoms with Gasteiger partial charge in [-0.3, -0.25) is 24.3 Å². The summed E-state index contributed by atoms with van der Waals surface area (Å²) in [6, 6.07) is 9.09. The van der Waals surface area contributed by atoms with Gasteiger partial charge in [0.05, 0.1) is 40.9 Å². The number of esters is 2. The Morgan fingerprint density at radius 3 is 2.39 bits per heavy atom. The zero-order valence-electron chi connectivity index (χ0n) is 23.6. The number of hydrogen-bond donors (Lipinski definition) is 2. The molecule has 0 fully saturated rings. The van der Waals surface area contributed by atoms with Crippen LogP contribution in [0.2, 0.25) is 0 Å². The van der Waals surface area contributed by atoms with Crippen LogP contribution < -0.4 is 10.6 Å². The highest BCUT2D eigenvalue weighted by atomic mass is 32.2. The molecule has 0 aliphatic rings. The molecule has 1 aromatic carbocycles. The molecule has 0 aliphatic heterocycles. The van der Waals surface area contributed by atoms with Gasteiger partial charge in [0.15, 0.2) is 11.0 Å². The normalized spacial score (nSPS) is 10.7. The number of ether oxygens (including phenoxy) is 2. The largest absolute Gasteiger partial charge is 0.462 e. The zero-order chi connectivity index (χ0) is 31.8. The van der Waals surface area contributed by atoms with E-state index in [0.29, 0.717) is 22.0 Å². The van der Waals surface area contributed by atoms with Gasteiger partial charge in [0.2, 0.25) is 5.91 Å². The molecule has 44 heavy (non-hydrogen) atoms. The third kappa shape index (κ3) is 7.47. The smallest absolute Gasteiger partial charge is 0.348 e. The van der Waals surface area contributed by atoms with Crippen molar-refractivity contribution in [2.75, 3.05) is 24.3 Å². The molecule has 0 saturated carbocycles. The number of amides is 2. The molecule has 0 spiro atoms. The van der Waals surface area contributed by atoms with Crippen LogP contribution in [0.3, 0.4) is 0 Å². The van der Waals surface area contributed by atoms with Gasteiger partial charge in [-0.1, -0.05) is 17.8 Å². The fraction of sp³-hybridized carbons (Fsp3) is 0.259. The molecule has 14 nitrogen and oxygen atoms in total. The van der Waals surface area contributed by atoms with Crippen molar-refractivity contribution in [3.63, 3.8) is 0 Å². The molecule has 0 atom stereocenters. The number of thioether (sulfide) groups is 1. The predicted molar refractivity (Wildman–Crippen MR) is 164 cm³/mol. The SMILES string of the molecule is CCOC(=O)c1sc(NC(=O)CSc2nnc(CNC(=O)c3cccs3)n2-c2ccc([N+](=O)[O-])cc2)c(C(=O)OCC)c1C. The van der Waals surface area contributed by atoms with Crippen LogP contribution in [0.5, 0.6) is 0 Å². The fourth-order valence-corrected chi connectivity index (χ4v) is 6.40. The number of nitrogens with zero attached hydrogens (tertiary/aromatic N) is 4. The number of nitro groups is 1. The number of rotatable bonds is 13. The number of nitrogens with one attached hydrogen (secondary N) is 2. The Morgan fingerprint density at radius 1 is 1.05 bits per heavy atom. The van der Waals surface area contributed by atoms with Gasteiger partial charge in [0.25, 0.3) is 11.6 Å². The summed E-state index contributed by atoms with van der Waals surface area (Å²) in [5, 5.41) is 27.2. The Kier molecular flexibility index (Phi) is 10.8. The molecule has 3 heterocycles. The van der Waals surface area contributed by atoms with E-state index in [9.17, 15) is 29.3 Å². The highest BCUT2D eigenvalue weighted by Gasteiger charge is 2.27. The van der Waals surface area contributed by atoms with Crippen molar-refractivity contribution in [3.8, 4) is 5.69 Å². The molecule has 2 amide bonds. The minimum absolute atomic E-state index is 0.0124. The molecule has 0 saturated heterocycles. The van der Waals surface area contributed by atoms with Crippen LogP contribution in [-0.4, -0.2) is 62.4 Å². The lowest BCUT2D eigenvalue weighted by Crippen LogP contribution is -2.24. The van der Waals surface area contributed by atoms with Crippen molar-refractivity contribution >= 4 is 68.9 Å². The zero-order valence-corrected chi connectivity index (χ0v) is 26.1. The van der Waals surface area contributed by atoms with Crippen LogP contribution in [0.1, 0.15) is 54.9 Å². The Hall–Kier alpha value is -4.61. The fourth-order valence-electron chi connectivity index (χ4n) is 3.88. The van der Waals surface area contributed by atoms with E-state index < -0.39 is 22.8 Å². The number of benzene rings is 1. The molecule has 0 unspecified atom stereocenters. The Bertz CT molecular complexity index is 1680. The molecule has 4 aromatic rings. The second kappa shape index (κ2) is 14.7. The summed E-state index contributed by atoms with van der Waals surface area (Å²) < 4.78 is 11.8. The van der Waals surface area contributed by atoms with Crippen LogP contribution >= 0.6 is 34.4 Å². The van der Waals surface area contributed by atoms with E-state index in [2.05, 4.69) is 20.8 Å². The van der Waals surface area contributed by atoms with E-state index in [-0.39, 0.29) is 57.7 Å². The summed E-state index contributed by atoms with van der Waals surface area (Å²) >= 11 is 3.20. The topological polar surface area (TPSA) is 185 Å². The van der Waals surface area contributed by atoms with E-state index in [1.807, 2.05) is 0 Å². The Labute approximate surface area is 262 Å². The average molecular weight is 659 g/mol. The van der Waals surface area contributed by atoms with Crippen molar-refractivity contribution in [1.82, 2.24) is 20.1 Å². The summed E-state index contributed by atoms with van der Waals surface area (Å²) in [7, 11) is 0. The molecule has 2 N–H and O–H groups in total. The number of carbonyl (C=O) groups is 4. The van der Waals surface area contributed by atoms with E-state index >= 15 is 0 Å². The maximum atomic E-state index is 13.1. The van der Waals surface area contributed by atoms with Crippen molar-refractivity contribution in [2.45, 2.75) is 32.5 Å². The maximum absolute atomic E-state index is 13.1. The molecule has 0 radical (unpaired) electrons. The molecule has 230 valence electrons. The van der Waals surface area contributed by atoms with E-state index in [0.717, 1.165) is 23.1 Å². The van der Waals surface area contributed by atoms with Gasteiger partial charge >= 0.3 is 11.9 Å². The lowest BCUT2D eigenvalue weighted by atomic mass is 10.1. The number of non-ortho nitro benzene ring substituents is 1. The molecule has 0 bridgehead atoms. The minimum Gasteiger partial charge on any atom is -0.462 e. The van der Waals surface area contributed by atoms with E-state index in [1.165, 1.54) is 35.6 Å². The van der Waals surface area contributed by atoms with Gasteiger partial charge < -0.3 is 20.1 Å². The number of carbonyl (C=O) groups excluding carboxylic acids is 4. The summed E-state index contributed by atoms with van der Waals surface area (Å²) in [4.78, 5) is 62.0. The van der Waals surface area contributed by atoms with Crippen LogP contribution in [0.4, 0.5) is 10.7 Å². The van der Waals surface area contributed by atoms with Gasteiger partial charge in [-0.05, 0) is 49.9 Å². The number of hydrogen-bond acceptors (Lipinski definition) is 13. The highest BCUT2D eigenvalue weighted by Crippen LogP contribution is 2.35. The summed E-state index contributed by atoms with van der Waals surface area (Å²) in [6.07, 6.45) is 0. The third-order valence-electron chi connectivity index (χ3n) is 5.84. The molecule has 0 aliphatic carbocycles. The lowest BCUT2D eigenvalue weighted by Gasteiger charge is -2.11. The Morgan fingerprint density at radius 2 is 1.75 bits per heavy atom. The first kappa shape index (κ1) is 32.3. The van der Waals surface area contributed by atoms with E-state index in [4.69, 9.17) is 9.47 Å². The second-order valence-electron chi connectivity index (χ2n) is 8.71. The summed E-state index contributed by atoms with van der Waals surface area (Å²) in [6.45, 7) is 5.10. The molecular weight excluding hydrogens is 633 g/mol. The first-order chi connectivity index (χ1) is 21.1. The number of aromatic nitrogens is 3. The van der Waals surface area contributed by atoms with Gasteiger partial charge in [-0.15, -0.1) is 32.9 Å².